The number of allylic oxidation sites excluding steroid dienone is 2. The van der Waals surface area contributed by atoms with Gasteiger partial charge in [0.15, 0.2) is 5.78 Å². The van der Waals surface area contributed by atoms with Crippen LogP contribution in [0.1, 0.15) is 0 Å². The standard InChI is InChI=1S/C10H14N2O2/c11-8-2-1-3-9(10(8)13)12-4-6-14-7-5-12/h1-3,9H,4-7,11H2. The maximum Gasteiger partial charge on any atom is 0.199 e. The van der Waals surface area contributed by atoms with Gasteiger partial charge in [-0.3, -0.25) is 9.69 Å². The number of ether oxygens (including phenoxy) is 1. The molecular weight excluding hydrogens is 180 g/mol. The minimum Gasteiger partial charge on any atom is -0.396 e. The average Bonchev–Trinajstić information content (AvgIpc) is 2.23. The molecule has 0 spiro atoms. The lowest BCUT2D eigenvalue weighted by Gasteiger charge is -2.32. The van der Waals surface area contributed by atoms with Gasteiger partial charge in [0.25, 0.3) is 0 Å². The minimum absolute atomic E-state index is 0.00870. The highest BCUT2D eigenvalue weighted by Crippen LogP contribution is 2.12. The first-order valence-electron chi connectivity index (χ1n) is 4.79. The van der Waals surface area contributed by atoms with E-state index < -0.39 is 0 Å². The van der Waals surface area contributed by atoms with Crippen LogP contribution in [-0.4, -0.2) is 43.0 Å². The van der Waals surface area contributed by atoms with Crippen LogP contribution in [0.15, 0.2) is 23.9 Å². The molecule has 0 bridgehead atoms. The number of morpholine rings is 1. The normalized spacial score (nSPS) is 29.0. The Kier molecular flexibility index (Phi) is 2.65. The molecule has 2 rings (SSSR count). The monoisotopic (exact) mass is 194 g/mol. The second-order valence-corrected chi connectivity index (χ2v) is 3.46. The molecule has 1 heterocycles. The average molecular weight is 194 g/mol. The van der Waals surface area contributed by atoms with Crippen molar-refractivity contribution >= 4 is 5.78 Å². The van der Waals surface area contributed by atoms with Crippen molar-refractivity contribution in [3.8, 4) is 0 Å². The van der Waals surface area contributed by atoms with Crippen LogP contribution >= 0.6 is 0 Å². The van der Waals surface area contributed by atoms with Gasteiger partial charge in [0, 0.05) is 13.1 Å². The summed E-state index contributed by atoms with van der Waals surface area (Å²) in [7, 11) is 0. The number of ketones is 1. The summed E-state index contributed by atoms with van der Waals surface area (Å²) in [5.74, 6) is 0.00870. The van der Waals surface area contributed by atoms with E-state index in [-0.39, 0.29) is 11.8 Å². The van der Waals surface area contributed by atoms with Crippen molar-refractivity contribution in [2.75, 3.05) is 26.3 Å². The summed E-state index contributed by atoms with van der Waals surface area (Å²) in [6.45, 7) is 2.99. The molecule has 0 saturated carbocycles. The number of Topliss-reactive ketones (excluding diaryl/α,β-unsaturated/α-hetero) is 1. The number of hydrogen-bond acceptors (Lipinski definition) is 4. The van der Waals surface area contributed by atoms with Crippen molar-refractivity contribution in [2.24, 2.45) is 5.73 Å². The van der Waals surface area contributed by atoms with Crippen LogP contribution in [0.4, 0.5) is 0 Å². The zero-order chi connectivity index (χ0) is 9.97. The summed E-state index contributed by atoms with van der Waals surface area (Å²) in [4.78, 5) is 13.8. The number of rotatable bonds is 1. The predicted octanol–water partition coefficient (Wildman–Crippen LogP) is -0.331. The van der Waals surface area contributed by atoms with E-state index in [1.165, 1.54) is 0 Å². The topological polar surface area (TPSA) is 55.6 Å². The zero-order valence-corrected chi connectivity index (χ0v) is 7.98. The summed E-state index contributed by atoms with van der Waals surface area (Å²) in [5.41, 5.74) is 5.93. The maximum absolute atomic E-state index is 11.7. The Balaban J connectivity index is 2.07. The first-order valence-corrected chi connectivity index (χ1v) is 4.79. The van der Waals surface area contributed by atoms with E-state index in [1.807, 2.05) is 12.2 Å². The highest BCUT2D eigenvalue weighted by atomic mass is 16.5. The SMILES string of the molecule is NC1=CC=CC(N2CCOCC2)C1=O. The zero-order valence-electron chi connectivity index (χ0n) is 7.98. The summed E-state index contributed by atoms with van der Waals surface area (Å²) in [5, 5.41) is 0. The quantitative estimate of drug-likeness (QED) is 0.621. The molecule has 0 aromatic rings. The van der Waals surface area contributed by atoms with E-state index in [0.717, 1.165) is 13.1 Å². The van der Waals surface area contributed by atoms with Crippen molar-refractivity contribution in [2.45, 2.75) is 6.04 Å². The van der Waals surface area contributed by atoms with E-state index in [2.05, 4.69) is 4.90 Å². The van der Waals surface area contributed by atoms with E-state index in [4.69, 9.17) is 10.5 Å². The third kappa shape index (κ3) is 1.71. The molecule has 1 aliphatic heterocycles. The second kappa shape index (κ2) is 3.94. The molecule has 0 amide bonds. The largest absolute Gasteiger partial charge is 0.396 e. The van der Waals surface area contributed by atoms with Gasteiger partial charge in [0.2, 0.25) is 0 Å². The van der Waals surface area contributed by atoms with Crippen LogP contribution in [0.5, 0.6) is 0 Å². The lowest BCUT2D eigenvalue weighted by Crippen LogP contribution is -2.48. The molecule has 0 aromatic heterocycles. The van der Waals surface area contributed by atoms with E-state index in [1.54, 1.807) is 6.08 Å². The maximum atomic E-state index is 11.7. The smallest absolute Gasteiger partial charge is 0.199 e. The molecule has 2 N–H and O–H groups in total. The molecule has 1 saturated heterocycles. The minimum atomic E-state index is -0.177. The van der Waals surface area contributed by atoms with Crippen LogP contribution in [-0.2, 0) is 9.53 Å². The molecule has 1 fully saturated rings. The van der Waals surface area contributed by atoms with E-state index in [0.29, 0.717) is 18.9 Å². The fourth-order valence-corrected chi connectivity index (χ4v) is 1.75. The number of nitrogens with zero attached hydrogens (tertiary/aromatic N) is 1. The first-order chi connectivity index (χ1) is 6.79. The number of carbonyl (C=O) groups excluding carboxylic acids is 1. The summed E-state index contributed by atoms with van der Waals surface area (Å²) in [6.07, 6.45) is 5.39. The van der Waals surface area contributed by atoms with Gasteiger partial charge in [-0.05, 0) is 6.08 Å². The van der Waals surface area contributed by atoms with Crippen LogP contribution < -0.4 is 5.73 Å². The highest BCUT2D eigenvalue weighted by molar-refractivity contribution is 6.01. The summed E-state index contributed by atoms with van der Waals surface area (Å²) >= 11 is 0. The number of carbonyl (C=O) groups is 1. The van der Waals surface area contributed by atoms with Crippen molar-refractivity contribution in [1.82, 2.24) is 4.90 Å². The number of nitrogens with two attached hydrogens (primary N) is 1. The van der Waals surface area contributed by atoms with Crippen LogP contribution in [0, 0.1) is 0 Å². The molecule has 0 aromatic carbocycles. The van der Waals surface area contributed by atoms with Gasteiger partial charge < -0.3 is 10.5 Å². The Hall–Kier alpha value is -1.13. The van der Waals surface area contributed by atoms with Crippen LogP contribution in [0.3, 0.4) is 0 Å². The Bertz CT molecular complexity index is 290. The van der Waals surface area contributed by atoms with Crippen molar-refractivity contribution < 1.29 is 9.53 Å². The lowest BCUT2D eigenvalue weighted by atomic mass is 10.0. The van der Waals surface area contributed by atoms with Gasteiger partial charge in [-0.1, -0.05) is 12.2 Å². The lowest BCUT2D eigenvalue weighted by molar-refractivity contribution is -0.120. The van der Waals surface area contributed by atoms with Gasteiger partial charge in [0.1, 0.15) is 0 Å². The molecule has 2 aliphatic rings. The highest BCUT2D eigenvalue weighted by Gasteiger charge is 2.27. The van der Waals surface area contributed by atoms with E-state index in [9.17, 15) is 4.79 Å². The van der Waals surface area contributed by atoms with E-state index >= 15 is 0 Å². The van der Waals surface area contributed by atoms with Crippen molar-refractivity contribution in [3.05, 3.63) is 23.9 Å². The van der Waals surface area contributed by atoms with Gasteiger partial charge in [-0.15, -0.1) is 0 Å². The first kappa shape index (κ1) is 9.43. The van der Waals surface area contributed by atoms with Gasteiger partial charge in [-0.25, -0.2) is 0 Å². The van der Waals surface area contributed by atoms with Gasteiger partial charge in [0.05, 0.1) is 25.0 Å². The summed E-state index contributed by atoms with van der Waals surface area (Å²) in [6, 6.07) is -0.177. The molecule has 14 heavy (non-hydrogen) atoms. The van der Waals surface area contributed by atoms with Gasteiger partial charge in [-0.2, -0.15) is 0 Å². The third-order valence-corrected chi connectivity index (χ3v) is 2.56. The molecule has 4 nitrogen and oxygen atoms in total. The molecule has 76 valence electrons. The molecular formula is C10H14N2O2. The van der Waals surface area contributed by atoms with Crippen molar-refractivity contribution in [1.29, 1.82) is 0 Å². The Morgan fingerprint density at radius 3 is 2.86 bits per heavy atom. The van der Waals surface area contributed by atoms with Crippen LogP contribution in [0.25, 0.3) is 0 Å². The fraction of sp³-hybridized carbons (Fsp3) is 0.500. The van der Waals surface area contributed by atoms with Crippen LogP contribution in [0.2, 0.25) is 0 Å². The Labute approximate surface area is 83.0 Å². The second-order valence-electron chi connectivity index (χ2n) is 3.46. The molecule has 1 aliphatic carbocycles. The number of hydrogen-bond donors (Lipinski definition) is 1. The molecule has 4 heteroatoms. The Morgan fingerprint density at radius 2 is 2.14 bits per heavy atom. The molecule has 1 atom stereocenters. The Morgan fingerprint density at radius 1 is 1.43 bits per heavy atom. The van der Waals surface area contributed by atoms with Gasteiger partial charge >= 0.3 is 0 Å². The third-order valence-electron chi connectivity index (χ3n) is 2.56. The predicted molar refractivity (Wildman–Crippen MR) is 52.6 cm³/mol. The summed E-state index contributed by atoms with van der Waals surface area (Å²) < 4.78 is 5.23. The fourth-order valence-electron chi connectivity index (χ4n) is 1.75. The molecule has 1 unspecified atom stereocenters. The molecule has 0 radical (unpaired) electrons. The van der Waals surface area contributed by atoms with Crippen molar-refractivity contribution in [3.63, 3.8) is 0 Å².